The van der Waals surface area contributed by atoms with Gasteiger partial charge < -0.3 is 10.2 Å². The Bertz CT molecular complexity index is 1320. The molecule has 2 saturated heterocycles. The molecule has 3 aromatic rings. The number of likely N-dealkylation sites (tertiary alicyclic amines) is 1. The van der Waals surface area contributed by atoms with Crippen molar-refractivity contribution >= 4 is 6.03 Å². The van der Waals surface area contributed by atoms with Crippen molar-refractivity contribution in [1.29, 1.82) is 0 Å². The first-order valence-electron chi connectivity index (χ1n) is 17.7. The number of hydrogen-bond donors (Lipinski definition) is 1. The molecule has 2 fully saturated rings. The molecule has 0 bridgehead atoms. The lowest BCUT2D eigenvalue weighted by Crippen LogP contribution is -2.55. The van der Waals surface area contributed by atoms with Gasteiger partial charge in [-0.3, -0.25) is 9.80 Å². The zero-order valence-corrected chi connectivity index (χ0v) is 29.0. The molecule has 1 unspecified atom stereocenters. The first kappa shape index (κ1) is 35.9. The molecule has 0 saturated carbocycles. The number of hydrogen-bond acceptors (Lipinski definition) is 3. The summed E-state index contributed by atoms with van der Waals surface area (Å²) in [6.45, 7) is 15.6. The monoisotopic (exact) mass is 632 g/mol. The zero-order chi connectivity index (χ0) is 33.3. The van der Waals surface area contributed by atoms with Crippen LogP contribution in [0.5, 0.6) is 0 Å². The molecule has 0 radical (unpaired) electrons. The van der Waals surface area contributed by atoms with E-state index in [9.17, 15) is 4.79 Å². The van der Waals surface area contributed by atoms with Gasteiger partial charge in [0, 0.05) is 44.7 Å². The Labute approximate surface area is 284 Å². The molecule has 250 valence electrons. The van der Waals surface area contributed by atoms with E-state index in [0.717, 1.165) is 49.8 Å². The van der Waals surface area contributed by atoms with Crippen LogP contribution in [0.15, 0.2) is 127 Å². The summed E-state index contributed by atoms with van der Waals surface area (Å²) in [5, 5.41) is 3.27. The second-order valence-corrected chi connectivity index (χ2v) is 12.6. The maximum absolute atomic E-state index is 13.1. The summed E-state index contributed by atoms with van der Waals surface area (Å²) in [7, 11) is 0. The molecule has 47 heavy (non-hydrogen) atoms. The van der Waals surface area contributed by atoms with E-state index in [1.807, 2.05) is 55.1 Å². The number of nitrogens with zero attached hydrogens (tertiary/aromatic N) is 3. The molecule has 1 N–H and O–H groups in total. The Morgan fingerprint density at radius 2 is 1.19 bits per heavy atom. The van der Waals surface area contributed by atoms with Gasteiger partial charge in [0.05, 0.1) is 6.04 Å². The maximum Gasteiger partial charge on any atom is 0.318 e. The molecule has 2 aliphatic heterocycles. The molecule has 6 rings (SSSR count). The van der Waals surface area contributed by atoms with Gasteiger partial charge in [0.25, 0.3) is 0 Å². The van der Waals surface area contributed by atoms with Gasteiger partial charge in [-0.15, -0.1) is 0 Å². The second-order valence-electron chi connectivity index (χ2n) is 12.6. The molecule has 3 aromatic carbocycles. The molecule has 5 heteroatoms. The number of piperidine rings is 1. The molecule has 2 amide bonds. The molecule has 1 aliphatic carbocycles. The largest absolute Gasteiger partial charge is 0.327 e. The molecule has 0 aromatic heterocycles. The molecule has 3 aliphatic rings. The smallest absolute Gasteiger partial charge is 0.318 e. The van der Waals surface area contributed by atoms with Crippen molar-refractivity contribution in [3.8, 4) is 0 Å². The minimum Gasteiger partial charge on any atom is -0.327 e. The van der Waals surface area contributed by atoms with Gasteiger partial charge >= 0.3 is 6.03 Å². The lowest BCUT2D eigenvalue weighted by Gasteiger charge is -2.40. The van der Waals surface area contributed by atoms with Gasteiger partial charge in [0.2, 0.25) is 0 Å². The number of amides is 2. The number of piperazine rings is 1. The van der Waals surface area contributed by atoms with Crippen LogP contribution in [0.1, 0.15) is 63.3 Å². The van der Waals surface area contributed by atoms with Crippen LogP contribution >= 0.6 is 0 Å². The fraction of sp³-hybridized carbons (Fsp3) is 0.405. The SMILES string of the molecule is CC.CC(C1C=CC=CC=C1)N1CCN(C(=O)NC(c2ccccc2)c2ccccc2)CC1.CC1CCN(Cc2ccccc2)CC1. The summed E-state index contributed by atoms with van der Waals surface area (Å²) in [4.78, 5) is 20.1. The van der Waals surface area contributed by atoms with Crippen LogP contribution in [0.3, 0.4) is 0 Å². The van der Waals surface area contributed by atoms with Crippen molar-refractivity contribution in [3.63, 3.8) is 0 Å². The first-order valence-corrected chi connectivity index (χ1v) is 17.7. The Hall–Kier alpha value is -3.93. The number of benzene rings is 3. The Morgan fingerprint density at radius 3 is 1.70 bits per heavy atom. The summed E-state index contributed by atoms with van der Waals surface area (Å²) in [6.07, 6.45) is 15.6. The highest BCUT2D eigenvalue weighted by Gasteiger charge is 2.28. The van der Waals surface area contributed by atoms with E-state index in [0.29, 0.717) is 12.0 Å². The van der Waals surface area contributed by atoms with E-state index in [4.69, 9.17) is 0 Å². The predicted octanol–water partition coefficient (Wildman–Crippen LogP) is 8.73. The maximum atomic E-state index is 13.1. The summed E-state index contributed by atoms with van der Waals surface area (Å²) in [5.41, 5.74) is 3.63. The minimum atomic E-state index is -0.152. The van der Waals surface area contributed by atoms with Crippen molar-refractivity contribution in [1.82, 2.24) is 20.0 Å². The van der Waals surface area contributed by atoms with E-state index >= 15 is 0 Å². The third-order valence-electron chi connectivity index (χ3n) is 9.39. The Kier molecular flexibility index (Phi) is 15.0. The summed E-state index contributed by atoms with van der Waals surface area (Å²) < 4.78 is 0. The standard InChI is InChI=1S/C27H31N3O.C13H19N.C2H6/c1-22(23-12-6-2-3-7-13-23)29-18-20-30(21-19-29)27(31)28-26(24-14-8-4-9-15-24)25-16-10-5-11-17-25;1-12-7-9-14(10-8-12)11-13-5-3-2-4-6-13;1-2/h2-17,22-23,26H,18-21H2,1H3,(H,28,31);2-6,12H,7-11H2,1H3;1-2H3. The number of allylic oxidation sites excluding steroid dienone is 4. The van der Waals surface area contributed by atoms with Crippen LogP contribution in [-0.2, 0) is 6.54 Å². The molecular formula is C42H56N4O. The van der Waals surface area contributed by atoms with Gasteiger partial charge in [-0.1, -0.05) is 148 Å². The topological polar surface area (TPSA) is 38.8 Å². The van der Waals surface area contributed by atoms with Crippen LogP contribution in [-0.4, -0.2) is 66.0 Å². The fourth-order valence-corrected chi connectivity index (χ4v) is 6.40. The van der Waals surface area contributed by atoms with Gasteiger partial charge in [-0.05, 0) is 55.5 Å². The molecular weight excluding hydrogens is 576 g/mol. The van der Waals surface area contributed by atoms with E-state index in [-0.39, 0.29) is 12.1 Å². The molecule has 5 nitrogen and oxygen atoms in total. The highest BCUT2D eigenvalue weighted by Crippen LogP contribution is 2.23. The van der Waals surface area contributed by atoms with Crippen molar-refractivity contribution in [3.05, 3.63) is 144 Å². The third kappa shape index (κ3) is 11.4. The second kappa shape index (κ2) is 19.7. The normalized spacial score (nSPS) is 18.0. The number of urea groups is 1. The Balaban J connectivity index is 0.000000260. The van der Waals surface area contributed by atoms with Crippen molar-refractivity contribution in [2.24, 2.45) is 11.8 Å². The first-order chi connectivity index (χ1) is 23.1. The van der Waals surface area contributed by atoms with Crippen molar-refractivity contribution in [2.75, 3.05) is 39.3 Å². The van der Waals surface area contributed by atoms with Gasteiger partial charge in [-0.25, -0.2) is 4.79 Å². The quantitative estimate of drug-likeness (QED) is 0.283. The van der Waals surface area contributed by atoms with Gasteiger partial charge in [-0.2, -0.15) is 0 Å². The van der Waals surface area contributed by atoms with Crippen LogP contribution in [0, 0.1) is 11.8 Å². The molecule has 2 heterocycles. The van der Waals surface area contributed by atoms with E-state index in [2.05, 4.69) is 120 Å². The Morgan fingerprint density at radius 1 is 0.702 bits per heavy atom. The number of carbonyl (C=O) groups excluding carboxylic acids is 1. The van der Waals surface area contributed by atoms with Crippen LogP contribution in [0.25, 0.3) is 0 Å². The van der Waals surface area contributed by atoms with Crippen LogP contribution < -0.4 is 5.32 Å². The van der Waals surface area contributed by atoms with E-state index in [1.54, 1.807) is 0 Å². The molecule has 1 atom stereocenters. The average Bonchev–Trinajstić information content (AvgIpc) is 3.44. The minimum absolute atomic E-state index is 0.00321. The summed E-state index contributed by atoms with van der Waals surface area (Å²) in [6, 6.07) is 31.4. The summed E-state index contributed by atoms with van der Waals surface area (Å²) in [5.74, 6) is 1.33. The average molecular weight is 633 g/mol. The van der Waals surface area contributed by atoms with Crippen molar-refractivity contribution in [2.45, 2.75) is 59.2 Å². The number of carbonyl (C=O) groups is 1. The molecule has 0 spiro atoms. The van der Waals surface area contributed by atoms with E-state index in [1.165, 1.54) is 31.5 Å². The highest BCUT2D eigenvalue weighted by molar-refractivity contribution is 5.75. The predicted molar refractivity (Wildman–Crippen MR) is 198 cm³/mol. The van der Waals surface area contributed by atoms with Crippen molar-refractivity contribution < 1.29 is 4.79 Å². The van der Waals surface area contributed by atoms with Crippen LogP contribution in [0.2, 0.25) is 0 Å². The summed E-state index contributed by atoms with van der Waals surface area (Å²) >= 11 is 0. The number of rotatable bonds is 7. The van der Waals surface area contributed by atoms with E-state index < -0.39 is 0 Å². The fourth-order valence-electron chi connectivity index (χ4n) is 6.40. The zero-order valence-electron chi connectivity index (χ0n) is 29.0. The lowest BCUT2D eigenvalue weighted by molar-refractivity contribution is 0.104. The highest BCUT2D eigenvalue weighted by atomic mass is 16.2. The lowest BCUT2D eigenvalue weighted by atomic mass is 9.98. The number of nitrogens with one attached hydrogen (secondary N) is 1. The van der Waals surface area contributed by atoms with Gasteiger partial charge in [0.1, 0.15) is 0 Å². The van der Waals surface area contributed by atoms with Crippen LogP contribution in [0.4, 0.5) is 4.79 Å². The van der Waals surface area contributed by atoms with Gasteiger partial charge in [0.15, 0.2) is 0 Å². The third-order valence-corrected chi connectivity index (χ3v) is 9.39.